The van der Waals surface area contributed by atoms with Crippen molar-refractivity contribution in [2.75, 3.05) is 12.4 Å². The van der Waals surface area contributed by atoms with E-state index in [1.54, 1.807) is 39.1 Å². The molecule has 6 heteroatoms. The van der Waals surface area contributed by atoms with Crippen molar-refractivity contribution in [2.24, 2.45) is 5.73 Å². The first-order valence-corrected chi connectivity index (χ1v) is 7.25. The summed E-state index contributed by atoms with van der Waals surface area (Å²) in [5, 5.41) is 12.6. The number of carbonyl (C=O) groups is 1. The lowest BCUT2D eigenvalue weighted by molar-refractivity contribution is 0.0996. The molecule has 2 aromatic rings. The van der Waals surface area contributed by atoms with E-state index in [1.165, 1.54) is 12.1 Å². The van der Waals surface area contributed by atoms with Crippen LogP contribution in [0.4, 0.5) is 10.2 Å². The number of aliphatic hydroxyl groups is 1. The van der Waals surface area contributed by atoms with Crippen LogP contribution in [0.2, 0.25) is 0 Å². The Bertz CT molecular complexity index is 846. The maximum absolute atomic E-state index is 13.6. The number of rotatable bonds is 3. The van der Waals surface area contributed by atoms with E-state index in [0.717, 1.165) is 0 Å². The molecule has 1 amide bonds. The average molecular weight is 327 g/mol. The van der Waals surface area contributed by atoms with Crippen LogP contribution in [0.25, 0.3) is 11.1 Å². The minimum absolute atomic E-state index is 0.180. The summed E-state index contributed by atoms with van der Waals surface area (Å²) in [4.78, 5) is 15.7. The van der Waals surface area contributed by atoms with Gasteiger partial charge in [0.2, 0.25) is 0 Å². The van der Waals surface area contributed by atoms with Gasteiger partial charge in [-0.25, -0.2) is 9.37 Å². The maximum Gasteiger partial charge on any atom is 0.251 e. The molecule has 1 aromatic carbocycles. The van der Waals surface area contributed by atoms with Gasteiger partial charge in [-0.2, -0.15) is 0 Å². The van der Waals surface area contributed by atoms with Gasteiger partial charge in [0.1, 0.15) is 22.9 Å². The van der Waals surface area contributed by atoms with E-state index in [0.29, 0.717) is 22.6 Å². The number of amides is 1. The van der Waals surface area contributed by atoms with E-state index < -0.39 is 17.3 Å². The molecule has 124 valence electrons. The van der Waals surface area contributed by atoms with Gasteiger partial charge >= 0.3 is 0 Å². The van der Waals surface area contributed by atoms with Gasteiger partial charge in [0, 0.05) is 12.6 Å². The zero-order valence-electron chi connectivity index (χ0n) is 13.6. The summed E-state index contributed by atoms with van der Waals surface area (Å²) in [5.41, 5.74) is 5.64. The second kappa shape index (κ2) is 6.69. The summed E-state index contributed by atoms with van der Waals surface area (Å²) >= 11 is 0. The number of hydrogen-bond acceptors (Lipinski definition) is 4. The second-order valence-corrected chi connectivity index (χ2v) is 5.71. The van der Waals surface area contributed by atoms with E-state index in [9.17, 15) is 14.3 Å². The molecule has 1 aromatic heterocycles. The van der Waals surface area contributed by atoms with Crippen LogP contribution in [0, 0.1) is 17.7 Å². The summed E-state index contributed by atoms with van der Waals surface area (Å²) in [7, 11) is 1.69. The van der Waals surface area contributed by atoms with Crippen LogP contribution >= 0.6 is 0 Å². The maximum atomic E-state index is 13.6. The standard InChI is InChI=1S/C18H18FN3O2/c1-18(2,24)9-8-12-5-6-13(17(21-3)22-12)11-4-7-15(19)14(10-11)16(20)23/h4-7,10,24H,1-3H3,(H2,20,23)(H,21,22). The summed E-state index contributed by atoms with van der Waals surface area (Å²) in [6.45, 7) is 3.16. The minimum atomic E-state index is -1.12. The number of pyridine rings is 1. The number of benzene rings is 1. The van der Waals surface area contributed by atoms with Crippen molar-refractivity contribution in [3.05, 3.63) is 47.4 Å². The first-order chi connectivity index (χ1) is 11.2. The second-order valence-electron chi connectivity index (χ2n) is 5.71. The number of halogens is 1. The van der Waals surface area contributed by atoms with Crippen LogP contribution in [-0.4, -0.2) is 28.6 Å². The highest BCUT2D eigenvalue weighted by Gasteiger charge is 2.13. The van der Waals surface area contributed by atoms with E-state index in [4.69, 9.17) is 5.73 Å². The molecule has 4 N–H and O–H groups in total. The molecule has 0 unspecified atom stereocenters. The molecular formula is C18H18FN3O2. The van der Waals surface area contributed by atoms with Crippen LogP contribution in [0.15, 0.2) is 30.3 Å². The number of nitrogens with two attached hydrogens (primary N) is 1. The molecule has 0 saturated carbocycles. The van der Waals surface area contributed by atoms with Gasteiger partial charge in [-0.1, -0.05) is 12.0 Å². The monoisotopic (exact) mass is 327 g/mol. The van der Waals surface area contributed by atoms with Crippen LogP contribution in [0.1, 0.15) is 29.9 Å². The van der Waals surface area contributed by atoms with E-state index in [2.05, 4.69) is 22.1 Å². The molecule has 0 bridgehead atoms. The van der Waals surface area contributed by atoms with Gasteiger partial charge in [0.25, 0.3) is 5.91 Å². The fourth-order valence-corrected chi connectivity index (χ4v) is 2.05. The molecule has 0 fully saturated rings. The SMILES string of the molecule is CNc1nc(C#CC(C)(C)O)ccc1-c1ccc(F)c(C(N)=O)c1. The largest absolute Gasteiger partial charge is 0.378 e. The number of nitrogens with zero attached hydrogens (tertiary/aromatic N) is 1. The Balaban J connectivity index is 2.50. The average Bonchev–Trinajstić information content (AvgIpc) is 2.52. The zero-order valence-corrected chi connectivity index (χ0v) is 13.6. The lowest BCUT2D eigenvalue weighted by Gasteiger charge is -2.10. The Morgan fingerprint density at radius 3 is 2.62 bits per heavy atom. The summed E-state index contributed by atoms with van der Waals surface area (Å²) in [6, 6.07) is 7.56. The third kappa shape index (κ3) is 4.09. The Morgan fingerprint density at radius 2 is 2.04 bits per heavy atom. The lowest BCUT2D eigenvalue weighted by atomic mass is 10.0. The van der Waals surface area contributed by atoms with Gasteiger partial charge in [0.15, 0.2) is 0 Å². The number of hydrogen-bond donors (Lipinski definition) is 3. The van der Waals surface area contributed by atoms with Crippen LogP contribution in [0.3, 0.4) is 0 Å². The van der Waals surface area contributed by atoms with Gasteiger partial charge in [-0.05, 0) is 49.6 Å². The normalized spacial score (nSPS) is 10.7. The molecule has 1 heterocycles. The third-order valence-corrected chi connectivity index (χ3v) is 3.17. The van der Waals surface area contributed by atoms with Gasteiger partial charge in [0.05, 0.1) is 5.56 Å². The molecule has 0 aliphatic rings. The Kier molecular flexibility index (Phi) is 4.86. The third-order valence-electron chi connectivity index (χ3n) is 3.17. The Hall–Kier alpha value is -2.91. The van der Waals surface area contributed by atoms with Crippen molar-refractivity contribution in [2.45, 2.75) is 19.4 Å². The van der Waals surface area contributed by atoms with Crippen molar-refractivity contribution < 1.29 is 14.3 Å². The molecule has 0 atom stereocenters. The van der Waals surface area contributed by atoms with E-state index in [-0.39, 0.29) is 5.56 Å². The summed E-state index contributed by atoms with van der Waals surface area (Å²) < 4.78 is 13.6. The quantitative estimate of drug-likeness (QED) is 0.754. The Morgan fingerprint density at radius 1 is 1.33 bits per heavy atom. The van der Waals surface area contributed by atoms with Gasteiger partial charge in [-0.3, -0.25) is 4.79 Å². The molecule has 0 radical (unpaired) electrons. The number of nitrogens with one attached hydrogen (secondary N) is 1. The predicted molar refractivity (Wildman–Crippen MR) is 90.9 cm³/mol. The Labute approximate surface area is 139 Å². The highest BCUT2D eigenvalue weighted by atomic mass is 19.1. The first kappa shape index (κ1) is 17.4. The lowest BCUT2D eigenvalue weighted by Crippen LogP contribution is -2.14. The smallest absolute Gasteiger partial charge is 0.251 e. The molecule has 0 saturated heterocycles. The van der Waals surface area contributed by atoms with Crippen LogP contribution in [0.5, 0.6) is 0 Å². The molecule has 0 aliphatic heterocycles. The van der Waals surface area contributed by atoms with Gasteiger partial charge < -0.3 is 16.2 Å². The van der Waals surface area contributed by atoms with Crippen molar-refractivity contribution in [3.8, 4) is 23.0 Å². The zero-order chi connectivity index (χ0) is 17.9. The van der Waals surface area contributed by atoms with Crippen LogP contribution in [-0.2, 0) is 0 Å². The molecule has 0 aliphatic carbocycles. The topological polar surface area (TPSA) is 88.2 Å². The van der Waals surface area contributed by atoms with Crippen LogP contribution < -0.4 is 11.1 Å². The summed E-state index contributed by atoms with van der Waals surface area (Å²) in [5.74, 6) is 4.49. The van der Waals surface area contributed by atoms with E-state index in [1.807, 2.05) is 0 Å². The predicted octanol–water partition coefficient (Wildman–Crippen LogP) is 2.15. The molecule has 24 heavy (non-hydrogen) atoms. The number of primary amides is 1. The van der Waals surface area contributed by atoms with Crippen molar-refractivity contribution in [1.29, 1.82) is 0 Å². The fourth-order valence-electron chi connectivity index (χ4n) is 2.05. The number of aromatic nitrogens is 1. The minimum Gasteiger partial charge on any atom is -0.378 e. The fraction of sp³-hybridized carbons (Fsp3) is 0.222. The van der Waals surface area contributed by atoms with Crippen molar-refractivity contribution >= 4 is 11.7 Å². The van der Waals surface area contributed by atoms with E-state index >= 15 is 0 Å². The number of anilines is 1. The molecular weight excluding hydrogens is 309 g/mol. The number of carbonyl (C=O) groups excluding carboxylic acids is 1. The molecule has 5 nitrogen and oxygen atoms in total. The summed E-state index contributed by atoms with van der Waals surface area (Å²) in [6.07, 6.45) is 0. The van der Waals surface area contributed by atoms with Gasteiger partial charge in [-0.15, -0.1) is 0 Å². The highest BCUT2D eigenvalue weighted by molar-refractivity contribution is 5.95. The molecule has 2 rings (SSSR count). The van der Waals surface area contributed by atoms with Crippen molar-refractivity contribution in [3.63, 3.8) is 0 Å². The molecule has 0 spiro atoms. The highest BCUT2D eigenvalue weighted by Crippen LogP contribution is 2.28. The van der Waals surface area contributed by atoms with Crippen molar-refractivity contribution in [1.82, 2.24) is 4.98 Å². The first-order valence-electron chi connectivity index (χ1n) is 7.25.